The lowest BCUT2D eigenvalue weighted by Crippen LogP contribution is -2.45. The van der Waals surface area contributed by atoms with Crippen molar-refractivity contribution in [3.8, 4) is 11.1 Å². The van der Waals surface area contributed by atoms with Gasteiger partial charge in [0.25, 0.3) is 0 Å². The third-order valence-corrected chi connectivity index (χ3v) is 6.79. The SMILES string of the molecule is CN1CCN(c2ncc(-c3ccncc3)c([C@@H]3CCCN(Cc4ccc(F)cc4)C3)n2)CC1. The van der Waals surface area contributed by atoms with Crippen LogP contribution in [0.2, 0.25) is 0 Å². The van der Waals surface area contributed by atoms with E-state index < -0.39 is 0 Å². The van der Waals surface area contributed by atoms with Gasteiger partial charge in [-0.3, -0.25) is 9.88 Å². The number of piperidine rings is 1. The van der Waals surface area contributed by atoms with Gasteiger partial charge in [-0.1, -0.05) is 12.1 Å². The highest BCUT2D eigenvalue weighted by atomic mass is 19.1. The van der Waals surface area contributed by atoms with Crippen molar-refractivity contribution in [2.45, 2.75) is 25.3 Å². The van der Waals surface area contributed by atoms with Crippen molar-refractivity contribution in [1.29, 1.82) is 0 Å². The highest BCUT2D eigenvalue weighted by Crippen LogP contribution is 2.34. The normalized spacial score (nSPS) is 20.2. The first-order chi connectivity index (χ1) is 16.2. The summed E-state index contributed by atoms with van der Waals surface area (Å²) in [7, 11) is 2.16. The number of likely N-dealkylation sites (N-methyl/N-ethyl adjacent to an activating group) is 1. The van der Waals surface area contributed by atoms with E-state index in [0.717, 1.165) is 87.0 Å². The fraction of sp³-hybridized carbons (Fsp3) is 0.423. The Kier molecular flexibility index (Phi) is 6.60. The average Bonchev–Trinajstić information content (AvgIpc) is 2.86. The van der Waals surface area contributed by atoms with E-state index in [4.69, 9.17) is 9.97 Å². The summed E-state index contributed by atoms with van der Waals surface area (Å²) in [6, 6.07) is 10.9. The predicted molar refractivity (Wildman–Crippen MR) is 129 cm³/mol. The van der Waals surface area contributed by atoms with E-state index in [-0.39, 0.29) is 5.82 Å². The smallest absolute Gasteiger partial charge is 0.225 e. The van der Waals surface area contributed by atoms with Gasteiger partial charge in [-0.25, -0.2) is 14.4 Å². The number of hydrogen-bond donors (Lipinski definition) is 0. The van der Waals surface area contributed by atoms with Crippen molar-refractivity contribution in [2.24, 2.45) is 0 Å². The molecule has 4 heterocycles. The molecule has 2 fully saturated rings. The maximum Gasteiger partial charge on any atom is 0.225 e. The molecular weight excluding hydrogens is 415 g/mol. The number of benzene rings is 1. The van der Waals surface area contributed by atoms with Gasteiger partial charge in [-0.2, -0.15) is 0 Å². The highest BCUT2D eigenvalue weighted by molar-refractivity contribution is 5.66. The fourth-order valence-corrected chi connectivity index (χ4v) is 4.88. The minimum atomic E-state index is -0.185. The van der Waals surface area contributed by atoms with Crippen LogP contribution in [0.1, 0.15) is 30.0 Å². The monoisotopic (exact) mass is 446 g/mol. The Labute approximate surface area is 195 Å². The summed E-state index contributed by atoms with van der Waals surface area (Å²) in [6.07, 6.45) is 7.89. The number of piperazine rings is 1. The van der Waals surface area contributed by atoms with Crippen LogP contribution >= 0.6 is 0 Å². The van der Waals surface area contributed by atoms with Crippen LogP contribution in [0.3, 0.4) is 0 Å². The number of halogens is 1. The molecule has 1 aromatic carbocycles. The summed E-state index contributed by atoms with van der Waals surface area (Å²) in [5.41, 5.74) is 4.49. The zero-order valence-electron chi connectivity index (χ0n) is 19.2. The van der Waals surface area contributed by atoms with Crippen LogP contribution in [0, 0.1) is 5.82 Å². The molecule has 0 aliphatic carbocycles. The van der Waals surface area contributed by atoms with Crippen LogP contribution in [-0.2, 0) is 6.54 Å². The highest BCUT2D eigenvalue weighted by Gasteiger charge is 2.27. The average molecular weight is 447 g/mol. The number of aromatic nitrogens is 3. The van der Waals surface area contributed by atoms with Crippen molar-refractivity contribution in [3.05, 3.63) is 72.1 Å². The van der Waals surface area contributed by atoms with E-state index in [2.05, 4.69) is 26.7 Å². The molecule has 5 rings (SSSR count). The first kappa shape index (κ1) is 21.9. The van der Waals surface area contributed by atoms with Crippen LogP contribution in [0.25, 0.3) is 11.1 Å². The number of likely N-dealkylation sites (tertiary alicyclic amines) is 1. The van der Waals surface area contributed by atoms with E-state index >= 15 is 0 Å². The van der Waals surface area contributed by atoms with Crippen LogP contribution in [0.4, 0.5) is 10.3 Å². The van der Waals surface area contributed by atoms with Gasteiger partial charge in [0.1, 0.15) is 5.82 Å². The summed E-state index contributed by atoms with van der Waals surface area (Å²) in [5.74, 6) is 0.984. The molecule has 7 heteroatoms. The third-order valence-electron chi connectivity index (χ3n) is 6.79. The van der Waals surface area contributed by atoms with E-state index in [0.29, 0.717) is 5.92 Å². The molecule has 2 saturated heterocycles. The van der Waals surface area contributed by atoms with Gasteiger partial charge in [0.05, 0.1) is 5.69 Å². The molecule has 172 valence electrons. The molecule has 0 amide bonds. The summed E-state index contributed by atoms with van der Waals surface area (Å²) < 4.78 is 13.3. The first-order valence-electron chi connectivity index (χ1n) is 11.8. The zero-order chi connectivity index (χ0) is 22.6. The minimum absolute atomic E-state index is 0.185. The van der Waals surface area contributed by atoms with Gasteiger partial charge >= 0.3 is 0 Å². The van der Waals surface area contributed by atoms with E-state index in [1.807, 2.05) is 42.9 Å². The van der Waals surface area contributed by atoms with E-state index in [9.17, 15) is 4.39 Å². The number of nitrogens with zero attached hydrogens (tertiary/aromatic N) is 6. The number of pyridine rings is 1. The van der Waals surface area contributed by atoms with E-state index in [1.54, 1.807) is 12.1 Å². The Bertz CT molecular complexity index is 1050. The lowest BCUT2D eigenvalue weighted by molar-refractivity contribution is 0.198. The van der Waals surface area contributed by atoms with Crippen molar-refractivity contribution < 1.29 is 4.39 Å². The van der Waals surface area contributed by atoms with Crippen LogP contribution in [0.15, 0.2) is 55.0 Å². The maximum absolute atomic E-state index is 13.3. The minimum Gasteiger partial charge on any atom is -0.338 e. The summed E-state index contributed by atoms with van der Waals surface area (Å²) in [5, 5.41) is 0. The van der Waals surface area contributed by atoms with E-state index in [1.165, 1.54) is 0 Å². The summed E-state index contributed by atoms with van der Waals surface area (Å²) in [6.45, 7) is 6.78. The van der Waals surface area contributed by atoms with Crippen LogP contribution in [-0.4, -0.2) is 71.1 Å². The number of hydrogen-bond acceptors (Lipinski definition) is 6. The second-order valence-corrected chi connectivity index (χ2v) is 9.20. The number of anilines is 1. The molecular formula is C26H31FN6. The van der Waals surface area contributed by atoms with Crippen molar-refractivity contribution in [2.75, 3.05) is 51.2 Å². The van der Waals surface area contributed by atoms with Gasteiger partial charge in [0.15, 0.2) is 0 Å². The molecule has 0 N–H and O–H groups in total. The van der Waals surface area contributed by atoms with Gasteiger partial charge < -0.3 is 9.80 Å². The molecule has 0 bridgehead atoms. The van der Waals surface area contributed by atoms with Gasteiger partial charge in [0, 0.05) is 69.3 Å². The molecule has 33 heavy (non-hydrogen) atoms. The van der Waals surface area contributed by atoms with Crippen LogP contribution < -0.4 is 4.90 Å². The van der Waals surface area contributed by atoms with Gasteiger partial charge in [-0.15, -0.1) is 0 Å². The molecule has 0 saturated carbocycles. The van der Waals surface area contributed by atoms with Gasteiger partial charge in [-0.05, 0) is 61.8 Å². The molecule has 0 unspecified atom stereocenters. The Morgan fingerprint density at radius 1 is 0.970 bits per heavy atom. The topological polar surface area (TPSA) is 48.4 Å². The van der Waals surface area contributed by atoms with Crippen molar-refractivity contribution >= 4 is 5.95 Å². The van der Waals surface area contributed by atoms with Gasteiger partial charge in [0.2, 0.25) is 5.95 Å². The third kappa shape index (κ3) is 5.20. The largest absolute Gasteiger partial charge is 0.338 e. The van der Waals surface area contributed by atoms with Crippen molar-refractivity contribution in [1.82, 2.24) is 24.8 Å². The Morgan fingerprint density at radius 3 is 2.48 bits per heavy atom. The molecule has 0 radical (unpaired) electrons. The predicted octanol–water partition coefficient (Wildman–Crippen LogP) is 3.81. The molecule has 2 aliphatic heterocycles. The van der Waals surface area contributed by atoms with Crippen LogP contribution in [0.5, 0.6) is 0 Å². The Hall–Kier alpha value is -2.90. The zero-order valence-corrected chi connectivity index (χ0v) is 19.2. The molecule has 1 atom stereocenters. The second kappa shape index (κ2) is 9.93. The standard InChI is InChI=1S/C26H31FN6/c1-31-13-15-33(16-14-31)26-29-17-24(21-8-10-28-11-9-21)25(30-26)22-3-2-12-32(19-22)18-20-4-6-23(27)7-5-20/h4-11,17,22H,2-3,12-16,18-19H2,1H3/t22-/m1/s1. The lowest BCUT2D eigenvalue weighted by atomic mass is 9.90. The molecule has 2 aromatic heterocycles. The summed E-state index contributed by atoms with van der Waals surface area (Å²) >= 11 is 0. The number of rotatable bonds is 5. The quantitative estimate of drug-likeness (QED) is 0.594. The summed E-state index contributed by atoms with van der Waals surface area (Å²) in [4.78, 5) is 21.3. The molecule has 3 aromatic rings. The molecule has 6 nitrogen and oxygen atoms in total. The maximum atomic E-state index is 13.3. The Balaban J connectivity index is 1.42. The Morgan fingerprint density at radius 2 is 1.73 bits per heavy atom. The lowest BCUT2D eigenvalue weighted by Gasteiger charge is -2.35. The fourth-order valence-electron chi connectivity index (χ4n) is 4.88. The van der Waals surface area contributed by atoms with Crippen molar-refractivity contribution in [3.63, 3.8) is 0 Å². The molecule has 0 spiro atoms. The molecule has 2 aliphatic rings. The first-order valence-corrected chi connectivity index (χ1v) is 11.8. The second-order valence-electron chi connectivity index (χ2n) is 9.20.